The van der Waals surface area contributed by atoms with Gasteiger partial charge in [-0.15, -0.1) is 0 Å². The Hall–Kier alpha value is -0.890. The molecule has 1 aromatic carbocycles. The van der Waals surface area contributed by atoms with Gasteiger partial charge in [-0.3, -0.25) is 0 Å². The van der Waals surface area contributed by atoms with Gasteiger partial charge in [0.05, 0.1) is 0 Å². The Morgan fingerprint density at radius 2 is 2.00 bits per heavy atom. The van der Waals surface area contributed by atoms with E-state index in [1.165, 1.54) is 44.1 Å². The number of hydrogen-bond acceptors (Lipinski definition) is 1. The molecule has 0 unspecified atom stereocenters. The minimum Gasteiger partial charge on any atom is -0.330 e. The van der Waals surface area contributed by atoms with Crippen molar-refractivity contribution in [2.45, 2.75) is 58.8 Å². The van der Waals surface area contributed by atoms with E-state index in [2.05, 4.69) is 6.92 Å². The molecule has 2 rings (SSSR count). The Bertz CT molecular complexity index is 433. The molecule has 0 spiro atoms. The number of hydrogen-bond donors (Lipinski definition) is 1. The van der Waals surface area contributed by atoms with E-state index >= 15 is 0 Å². The predicted molar refractivity (Wildman–Crippen MR) is 83.2 cm³/mol. The lowest BCUT2D eigenvalue weighted by atomic mass is 9.66. The monoisotopic (exact) mass is 277 g/mol. The summed E-state index contributed by atoms with van der Waals surface area (Å²) in [4.78, 5) is 0. The van der Waals surface area contributed by atoms with E-state index in [-0.39, 0.29) is 11.2 Å². The molecule has 0 aliphatic heterocycles. The van der Waals surface area contributed by atoms with Gasteiger partial charge in [-0.2, -0.15) is 0 Å². The third kappa shape index (κ3) is 3.60. The molecule has 1 aliphatic carbocycles. The molecule has 0 heterocycles. The molecular weight excluding hydrogens is 249 g/mol. The summed E-state index contributed by atoms with van der Waals surface area (Å²) in [7, 11) is 0. The van der Waals surface area contributed by atoms with Crippen LogP contribution >= 0.6 is 0 Å². The fraction of sp³-hybridized carbons (Fsp3) is 0.667. The topological polar surface area (TPSA) is 26.0 Å². The number of rotatable bonds is 5. The van der Waals surface area contributed by atoms with Crippen LogP contribution in [-0.2, 0) is 6.42 Å². The van der Waals surface area contributed by atoms with Crippen molar-refractivity contribution in [3.63, 3.8) is 0 Å². The molecule has 1 aliphatic rings. The summed E-state index contributed by atoms with van der Waals surface area (Å²) < 4.78 is 13.2. The van der Waals surface area contributed by atoms with Gasteiger partial charge in [-0.25, -0.2) is 4.39 Å². The molecule has 0 aromatic heterocycles. The summed E-state index contributed by atoms with van der Waals surface area (Å²) in [5, 5.41) is 0. The van der Waals surface area contributed by atoms with Crippen LogP contribution in [0.15, 0.2) is 18.2 Å². The van der Waals surface area contributed by atoms with Crippen molar-refractivity contribution in [1.29, 1.82) is 0 Å². The van der Waals surface area contributed by atoms with Crippen LogP contribution < -0.4 is 5.73 Å². The molecule has 1 saturated carbocycles. The summed E-state index contributed by atoms with van der Waals surface area (Å²) in [6, 6.07) is 5.16. The zero-order valence-corrected chi connectivity index (χ0v) is 12.9. The van der Waals surface area contributed by atoms with Crippen LogP contribution in [0.5, 0.6) is 0 Å². The SMILES string of the molecule is CCCC1CCC(CN)(Cc2ccc(F)cc2C)CC1. The largest absolute Gasteiger partial charge is 0.330 e. The van der Waals surface area contributed by atoms with Gasteiger partial charge >= 0.3 is 0 Å². The number of halogens is 1. The summed E-state index contributed by atoms with van der Waals surface area (Å²) >= 11 is 0. The van der Waals surface area contributed by atoms with E-state index < -0.39 is 0 Å². The maximum atomic E-state index is 13.2. The van der Waals surface area contributed by atoms with E-state index in [4.69, 9.17) is 5.73 Å². The molecule has 0 amide bonds. The molecule has 0 atom stereocenters. The highest BCUT2D eigenvalue weighted by molar-refractivity contribution is 5.28. The minimum absolute atomic E-state index is 0.139. The van der Waals surface area contributed by atoms with Gasteiger partial charge in [0.1, 0.15) is 5.82 Å². The van der Waals surface area contributed by atoms with Gasteiger partial charge in [0, 0.05) is 0 Å². The van der Waals surface area contributed by atoms with Crippen molar-refractivity contribution in [2.75, 3.05) is 6.54 Å². The first-order valence-corrected chi connectivity index (χ1v) is 8.03. The van der Waals surface area contributed by atoms with Crippen LogP contribution in [0.3, 0.4) is 0 Å². The van der Waals surface area contributed by atoms with E-state index in [1.807, 2.05) is 13.0 Å². The lowest BCUT2D eigenvalue weighted by Gasteiger charge is -2.40. The molecule has 112 valence electrons. The second-order valence-corrected chi connectivity index (χ2v) is 6.68. The summed E-state index contributed by atoms with van der Waals surface area (Å²) in [6.45, 7) is 5.03. The average Bonchev–Trinajstić information content (AvgIpc) is 2.45. The van der Waals surface area contributed by atoms with Gasteiger partial charge in [0.25, 0.3) is 0 Å². The molecular formula is C18H28FN. The highest BCUT2D eigenvalue weighted by Gasteiger charge is 2.34. The highest BCUT2D eigenvalue weighted by Crippen LogP contribution is 2.42. The quantitative estimate of drug-likeness (QED) is 0.835. The Morgan fingerprint density at radius 3 is 2.55 bits per heavy atom. The maximum Gasteiger partial charge on any atom is 0.123 e. The fourth-order valence-corrected chi connectivity index (χ4v) is 3.70. The number of nitrogens with two attached hydrogens (primary N) is 1. The van der Waals surface area contributed by atoms with E-state index in [0.717, 1.165) is 24.4 Å². The van der Waals surface area contributed by atoms with Crippen LogP contribution in [-0.4, -0.2) is 6.54 Å². The number of aryl methyl sites for hydroxylation is 1. The lowest BCUT2D eigenvalue weighted by Crippen LogP contribution is -2.37. The summed E-state index contributed by atoms with van der Waals surface area (Å²) in [5.41, 5.74) is 8.69. The highest BCUT2D eigenvalue weighted by atomic mass is 19.1. The van der Waals surface area contributed by atoms with Crippen molar-refractivity contribution >= 4 is 0 Å². The van der Waals surface area contributed by atoms with Crippen LogP contribution in [0.2, 0.25) is 0 Å². The molecule has 1 fully saturated rings. The van der Waals surface area contributed by atoms with Gasteiger partial charge in [0.15, 0.2) is 0 Å². The molecule has 0 saturated heterocycles. The molecule has 2 N–H and O–H groups in total. The average molecular weight is 277 g/mol. The first-order valence-electron chi connectivity index (χ1n) is 8.03. The second kappa shape index (κ2) is 6.71. The predicted octanol–water partition coefficient (Wildman–Crippen LogP) is 4.61. The van der Waals surface area contributed by atoms with Crippen LogP contribution in [0.1, 0.15) is 56.6 Å². The molecule has 0 radical (unpaired) electrons. The lowest BCUT2D eigenvalue weighted by molar-refractivity contribution is 0.150. The maximum absolute atomic E-state index is 13.2. The first-order chi connectivity index (χ1) is 9.58. The molecule has 1 nitrogen and oxygen atoms in total. The van der Waals surface area contributed by atoms with Gasteiger partial charge in [0.2, 0.25) is 0 Å². The van der Waals surface area contributed by atoms with Crippen molar-refractivity contribution in [3.8, 4) is 0 Å². The fourth-order valence-electron chi connectivity index (χ4n) is 3.70. The van der Waals surface area contributed by atoms with Crippen molar-refractivity contribution in [3.05, 3.63) is 35.1 Å². The Morgan fingerprint density at radius 1 is 1.30 bits per heavy atom. The molecule has 20 heavy (non-hydrogen) atoms. The third-order valence-corrected chi connectivity index (χ3v) is 5.17. The van der Waals surface area contributed by atoms with Gasteiger partial charge in [-0.1, -0.05) is 25.8 Å². The van der Waals surface area contributed by atoms with Gasteiger partial charge < -0.3 is 5.73 Å². The van der Waals surface area contributed by atoms with Crippen LogP contribution in [0, 0.1) is 24.1 Å². The minimum atomic E-state index is -0.139. The Labute approximate surface area is 122 Å². The molecule has 1 aromatic rings. The van der Waals surface area contributed by atoms with Crippen LogP contribution in [0.25, 0.3) is 0 Å². The Kier molecular flexibility index (Phi) is 5.20. The van der Waals surface area contributed by atoms with Crippen molar-refractivity contribution in [1.82, 2.24) is 0 Å². The molecule has 0 bridgehead atoms. The van der Waals surface area contributed by atoms with Crippen molar-refractivity contribution in [2.24, 2.45) is 17.1 Å². The zero-order chi connectivity index (χ0) is 14.6. The smallest absolute Gasteiger partial charge is 0.123 e. The van der Waals surface area contributed by atoms with Gasteiger partial charge in [-0.05, 0) is 80.2 Å². The summed E-state index contributed by atoms with van der Waals surface area (Å²) in [5.74, 6) is 0.758. The normalized spacial score (nSPS) is 26.7. The number of benzene rings is 1. The van der Waals surface area contributed by atoms with E-state index in [1.54, 1.807) is 12.1 Å². The first kappa shape index (κ1) is 15.5. The second-order valence-electron chi connectivity index (χ2n) is 6.68. The van der Waals surface area contributed by atoms with Crippen LogP contribution in [0.4, 0.5) is 4.39 Å². The van der Waals surface area contributed by atoms with Crippen molar-refractivity contribution < 1.29 is 4.39 Å². The Balaban J connectivity index is 2.05. The third-order valence-electron chi connectivity index (χ3n) is 5.17. The molecule has 2 heteroatoms. The van der Waals surface area contributed by atoms with E-state index in [0.29, 0.717) is 0 Å². The summed E-state index contributed by atoms with van der Waals surface area (Å²) in [6.07, 6.45) is 8.73. The standard InChI is InChI=1S/C18H28FN/c1-3-4-15-7-9-18(13-20,10-8-15)12-16-5-6-17(19)11-14(16)2/h5-6,11,15H,3-4,7-10,12-13,20H2,1-2H3. The van der Waals surface area contributed by atoms with E-state index in [9.17, 15) is 4.39 Å². The zero-order valence-electron chi connectivity index (χ0n) is 12.9.